The summed E-state index contributed by atoms with van der Waals surface area (Å²) < 4.78 is 1.04. The molecule has 0 aliphatic heterocycles. The van der Waals surface area contributed by atoms with Crippen molar-refractivity contribution in [2.45, 2.75) is 43.5 Å². The molecule has 0 rings (SSSR count). The molecule has 8 heavy (non-hydrogen) atoms. The van der Waals surface area contributed by atoms with Crippen LogP contribution in [0.2, 0.25) is 3.93 Å². The quantitative estimate of drug-likeness (QED) is 0.636. The zero-order chi connectivity index (χ0) is 6.41. The third-order valence-corrected chi connectivity index (χ3v) is 3.39. The fourth-order valence-electron chi connectivity index (χ4n) is 0.655. The van der Waals surface area contributed by atoms with E-state index in [0.717, 1.165) is 3.93 Å². The van der Waals surface area contributed by atoms with Gasteiger partial charge in [-0.2, -0.15) is 0 Å². The topological polar surface area (TPSA) is 0 Å². The zero-order valence-electron chi connectivity index (χ0n) is 5.91. The average Bonchev–Trinajstić information content (AvgIpc) is 1.83. The third-order valence-electron chi connectivity index (χ3n) is 1.40. The molecular formula is C7H15Sn. The summed E-state index contributed by atoms with van der Waals surface area (Å²) in [5.41, 5.74) is 0. The Morgan fingerprint density at radius 3 is 2.38 bits per heavy atom. The SMILES string of the molecule is CCCC[CH]([Sn])CC. The van der Waals surface area contributed by atoms with E-state index in [1.54, 1.807) is 22.5 Å². The van der Waals surface area contributed by atoms with E-state index in [-0.39, 0.29) is 0 Å². The van der Waals surface area contributed by atoms with E-state index in [1.165, 1.54) is 25.7 Å². The standard InChI is InChI=1S/C7H15.Sn/c1-3-5-7-6-4-2;/h5H,3-4,6-7H2,1-2H3;. The van der Waals surface area contributed by atoms with E-state index < -0.39 is 0 Å². The molecule has 0 amide bonds. The predicted molar refractivity (Wildman–Crippen MR) is 39.3 cm³/mol. The van der Waals surface area contributed by atoms with E-state index >= 15 is 0 Å². The molecule has 1 unspecified atom stereocenters. The third kappa shape index (κ3) is 4.95. The molecule has 47 valence electrons. The van der Waals surface area contributed by atoms with E-state index in [0.29, 0.717) is 0 Å². The summed E-state index contributed by atoms with van der Waals surface area (Å²) in [4.78, 5) is 0. The van der Waals surface area contributed by atoms with E-state index in [1.807, 2.05) is 0 Å². The number of rotatable bonds is 4. The van der Waals surface area contributed by atoms with Gasteiger partial charge in [-0.1, -0.05) is 0 Å². The van der Waals surface area contributed by atoms with Gasteiger partial charge in [0.1, 0.15) is 0 Å². The first-order valence-corrected chi connectivity index (χ1v) is 5.17. The maximum absolute atomic E-state index is 2.29. The van der Waals surface area contributed by atoms with Gasteiger partial charge in [0.25, 0.3) is 0 Å². The molecule has 0 aliphatic carbocycles. The molecule has 1 heteroatoms. The summed E-state index contributed by atoms with van der Waals surface area (Å²) in [7, 11) is 0. The Bertz CT molecular complexity index is 43.7. The molecule has 0 bridgehead atoms. The second kappa shape index (κ2) is 5.93. The molecule has 0 spiro atoms. The van der Waals surface area contributed by atoms with Crippen LogP contribution >= 0.6 is 0 Å². The summed E-state index contributed by atoms with van der Waals surface area (Å²) >= 11 is 1.73. The van der Waals surface area contributed by atoms with Gasteiger partial charge in [-0.15, -0.1) is 0 Å². The van der Waals surface area contributed by atoms with Crippen LogP contribution in [0.15, 0.2) is 0 Å². The van der Waals surface area contributed by atoms with Gasteiger partial charge in [0.2, 0.25) is 0 Å². The molecule has 1 atom stereocenters. The van der Waals surface area contributed by atoms with Crippen LogP contribution in [0.1, 0.15) is 39.5 Å². The van der Waals surface area contributed by atoms with Crippen LogP contribution in [-0.4, -0.2) is 22.5 Å². The Hall–Kier alpha value is 0.799. The van der Waals surface area contributed by atoms with Gasteiger partial charge in [-0.3, -0.25) is 0 Å². The summed E-state index contributed by atoms with van der Waals surface area (Å²) in [6.07, 6.45) is 5.65. The van der Waals surface area contributed by atoms with Crippen LogP contribution in [-0.2, 0) is 0 Å². The number of hydrogen-bond donors (Lipinski definition) is 0. The molecular weight excluding hydrogens is 203 g/mol. The van der Waals surface area contributed by atoms with Crippen molar-refractivity contribution in [3.63, 3.8) is 0 Å². The van der Waals surface area contributed by atoms with Gasteiger partial charge in [0.15, 0.2) is 0 Å². The fourth-order valence-corrected chi connectivity index (χ4v) is 1.24. The average molecular weight is 218 g/mol. The van der Waals surface area contributed by atoms with Gasteiger partial charge in [0, 0.05) is 0 Å². The predicted octanol–water partition coefficient (Wildman–Crippen LogP) is 2.54. The summed E-state index contributed by atoms with van der Waals surface area (Å²) in [6.45, 7) is 4.55. The van der Waals surface area contributed by atoms with Gasteiger partial charge in [-0.25, -0.2) is 0 Å². The molecule has 0 aliphatic rings. The van der Waals surface area contributed by atoms with Crippen molar-refractivity contribution >= 4 is 22.5 Å². The molecule has 0 saturated carbocycles. The van der Waals surface area contributed by atoms with Crippen LogP contribution in [0, 0.1) is 0 Å². The first-order valence-electron chi connectivity index (χ1n) is 3.52. The second-order valence-corrected chi connectivity index (χ2v) is 4.58. The monoisotopic (exact) mass is 219 g/mol. The first-order chi connectivity index (χ1) is 3.81. The molecule has 0 heterocycles. The minimum absolute atomic E-state index is 1.04. The molecule has 0 aromatic rings. The number of unbranched alkanes of at least 4 members (excludes halogenated alkanes) is 1. The Morgan fingerprint density at radius 2 is 2.00 bits per heavy atom. The van der Waals surface area contributed by atoms with Crippen LogP contribution in [0.5, 0.6) is 0 Å². The van der Waals surface area contributed by atoms with Gasteiger partial charge < -0.3 is 0 Å². The summed E-state index contributed by atoms with van der Waals surface area (Å²) in [5.74, 6) is 0. The van der Waals surface area contributed by atoms with Crippen molar-refractivity contribution in [2.24, 2.45) is 0 Å². The Kier molecular flexibility index (Phi) is 6.52. The van der Waals surface area contributed by atoms with Crippen LogP contribution in [0.4, 0.5) is 0 Å². The molecule has 0 aromatic heterocycles. The number of hydrogen-bond acceptors (Lipinski definition) is 0. The van der Waals surface area contributed by atoms with Gasteiger partial charge in [0.05, 0.1) is 0 Å². The molecule has 0 aromatic carbocycles. The van der Waals surface area contributed by atoms with E-state index in [2.05, 4.69) is 13.8 Å². The second-order valence-electron chi connectivity index (χ2n) is 2.25. The van der Waals surface area contributed by atoms with E-state index in [4.69, 9.17) is 0 Å². The van der Waals surface area contributed by atoms with Gasteiger partial charge >= 0.3 is 66.0 Å². The van der Waals surface area contributed by atoms with Crippen LogP contribution < -0.4 is 0 Å². The van der Waals surface area contributed by atoms with Crippen molar-refractivity contribution < 1.29 is 0 Å². The van der Waals surface area contributed by atoms with Crippen LogP contribution in [0.3, 0.4) is 0 Å². The normalized spacial score (nSPS) is 13.9. The molecule has 3 radical (unpaired) electrons. The molecule has 0 nitrogen and oxygen atoms in total. The van der Waals surface area contributed by atoms with Crippen molar-refractivity contribution in [1.29, 1.82) is 0 Å². The molecule has 0 fully saturated rings. The first kappa shape index (κ1) is 8.80. The Labute approximate surface area is 66.1 Å². The zero-order valence-corrected chi connectivity index (χ0v) is 8.76. The van der Waals surface area contributed by atoms with Crippen molar-refractivity contribution in [3.05, 3.63) is 0 Å². The summed E-state index contributed by atoms with van der Waals surface area (Å²) in [5, 5.41) is 0. The van der Waals surface area contributed by atoms with Crippen molar-refractivity contribution in [1.82, 2.24) is 0 Å². The van der Waals surface area contributed by atoms with Crippen molar-refractivity contribution in [2.75, 3.05) is 0 Å². The fraction of sp³-hybridized carbons (Fsp3) is 1.00. The van der Waals surface area contributed by atoms with Crippen molar-refractivity contribution in [3.8, 4) is 0 Å². The Balaban J connectivity index is 2.86. The molecule has 0 N–H and O–H groups in total. The van der Waals surface area contributed by atoms with E-state index in [9.17, 15) is 0 Å². The minimum atomic E-state index is 1.04. The maximum atomic E-state index is 2.29. The van der Waals surface area contributed by atoms with Crippen LogP contribution in [0.25, 0.3) is 0 Å². The van der Waals surface area contributed by atoms with Gasteiger partial charge in [-0.05, 0) is 0 Å². The summed E-state index contributed by atoms with van der Waals surface area (Å²) in [6, 6.07) is 0. The Morgan fingerprint density at radius 1 is 1.38 bits per heavy atom. The molecule has 0 saturated heterocycles.